The molecule has 0 radical (unpaired) electrons. The average molecular weight is 448 g/mol. The van der Waals surface area contributed by atoms with Gasteiger partial charge in [0, 0.05) is 17.6 Å². The number of ether oxygens (including phenoxy) is 2. The SMILES string of the molecule is COc1ccc(CN(Cc2ccc(OC)cc2)c2cc(Br)cc(Cl)n2)cc1. The fraction of sp³-hybridized carbons (Fsp3) is 0.190. The van der Waals surface area contributed by atoms with Crippen molar-refractivity contribution in [1.82, 2.24) is 4.98 Å². The Labute approximate surface area is 172 Å². The van der Waals surface area contributed by atoms with Crippen LogP contribution in [0.3, 0.4) is 0 Å². The molecular formula is C21H20BrClN2O2. The lowest BCUT2D eigenvalue weighted by Gasteiger charge is -2.25. The zero-order chi connectivity index (χ0) is 19.2. The normalized spacial score (nSPS) is 10.5. The Balaban J connectivity index is 1.88. The first-order valence-corrected chi connectivity index (χ1v) is 9.58. The molecule has 0 saturated carbocycles. The minimum Gasteiger partial charge on any atom is -0.497 e. The topological polar surface area (TPSA) is 34.6 Å². The summed E-state index contributed by atoms with van der Waals surface area (Å²) in [5.41, 5.74) is 2.31. The van der Waals surface area contributed by atoms with E-state index in [0.29, 0.717) is 18.2 Å². The van der Waals surface area contributed by atoms with E-state index in [1.54, 1.807) is 20.3 Å². The van der Waals surface area contributed by atoms with Crippen molar-refractivity contribution in [3.8, 4) is 11.5 Å². The van der Waals surface area contributed by atoms with Crippen LogP contribution in [0.1, 0.15) is 11.1 Å². The Hall–Kier alpha value is -2.24. The van der Waals surface area contributed by atoms with Gasteiger partial charge in [-0.1, -0.05) is 51.8 Å². The van der Waals surface area contributed by atoms with Crippen molar-refractivity contribution < 1.29 is 9.47 Å². The Morgan fingerprint density at radius 1 is 0.852 bits per heavy atom. The predicted octanol–water partition coefficient (Wildman–Crippen LogP) is 5.72. The van der Waals surface area contributed by atoms with Crippen LogP contribution in [-0.4, -0.2) is 19.2 Å². The highest BCUT2D eigenvalue weighted by Crippen LogP contribution is 2.26. The number of methoxy groups -OCH3 is 2. The van der Waals surface area contributed by atoms with E-state index in [0.717, 1.165) is 32.9 Å². The molecule has 0 atom stereocenters. The molecule has 0 N–H and O–H groups in total. The fourth-order valence-electron chi connectivity index (χ4n) is 2.74. The molecule has 1 aromatic heterocycles. The molecule has 1 heterocycles. The van der Waals surface area contributed by atoms with Gasteiger partial charge >= 0.3 is 0 Å². The van der Waals surface area contributed by atoms with Crippen molar-refractivity contribution in [2.75, 3.05) is 19.1 Å². The second-order valence-corrected chi connectivity index (χ2v) is 7.32. The summed E-state index contributed by atoms with van der Waals surface area (Å²) in [5, 5.41) is 0.453. The number of aromatic nitrogens is 1. The van der Waals surface area contributed by atoms with Crippen molar-refractivity contribution in [3.05, 3.63) is 81.4 Å². The number of anilines is 1. The van der Waals surface area contributed by atoms with Gasteiger partial charge in [0.1, 0.15) is 22.5 Å². The smallest absolute Gasteiger partial charge is 0.132 e. The number of pyridine rings is 1. The van der Waals surface area contributed by atoms with Crippen molar-refractivity contribution in [2.45, 2.75) is 13.1 Å². The summed E-state index contributed by atoms with van der Waals surface area (Å²) >= 11 is 9.68. The van der Waals surface area contributed by atoms with E-state index in [4.69, 9.17) is 21.1 Å². The molecule has 4 nitrogen and oxygen atoms in total. The molecule has 3 aromatic rings. The molecule has 2 aromatic carbocycles. The summed E-state index contributed by atoms with van der Waals surface area (Å²) < 4.78 is 11.4. The van der Waals surface area contributed by atoms with E-state index in [-0.39, 0.29) is 0 Å². The van der Waals surface area contributed by atoms with Gasteiger partial charge in [-0.3, -0.25) is 0 Å². The minimum atomic E-state index is 0.453. The lowest BCUT2D eigenvalue weighted by Crippen LogP contribution is -2.23. The second kappa shape index (κ2) is 9.11. The van der Waals surface area contributed by atoms with Gasteiger partial charge < -0.3 is 14.4 Å². The number of halogens is 2. The largest absolute Gasteiger partial charge is 0.497 e. The maximum Gasteiger partial charge on any atom is 0.132 e. The summed E-state index contributed by atoms with van der Waals surface area (Å²) in [6, 6.07) is 19.8. The first kappa shape index (κ1) is 19.5. The molecule has 0 saturated heterocycles. The van der Waals surface area contributed by atoms with Crippen molar-refractivity contribution in [3.63, 3.8) is 0 Å². The average Bonchev–Trinajstić information content (AvgIpc) is 2.68. The fourth-order valence-corrected chi connectivity index (χ4v) is 3.49. The lowest BCUT2D eigenvalue weighted by molar-refractivity contribution is 0.414. The van der Waals surface area contributed by atoms with Crippen LogP contribution in [0, 0.1) is 0 Å². The van der Waals surface area contributed by atoms with Gasteiger partial charge in [-0.05, 0) is 47.5 Å². The Bertz CT molecular complexity index is 816. The molecule has 0 aliphatic carbocycles. The standard InChI is InChI=1S/C21H20BrClN2O2/c1-26-18-7-3-15(4-8-18)13-25(21-12-17(22)11-20(23)24-21)14-16-5-9-19(27-2)10-6-16/h3-12H,13-14H2,1-2H3. The molecule has 0 fully saturated rings. The van der Waals surface area contributed by atoms with E-state index in [9.17, 15) is 0 Å². The number of nitrogens with zero attached hydrogens (tertiary/aromatic N) is 2. The third-order valence-electron chi connectivity index (χ3n) is 4.13. The van der Waals surface area contributed by atoms with E-state index in [1.807, 2.05) is 30.3 Å². The van der Waals surface area contributed by atoms with E-state index in [1.165, 1.54) is 0 Å². The molecule has 0 unspecified atom stereocenters. The third kappa shape index (κ3) is 5.37. The molecule has 0 spiro atoms. The molecule has 0 bridgehead atoms. The highest BCUT2D eigenvalue weighted by Gasteiger charge is 2.12. The second-order valence-electron chi connectivity index (χ2n) is 6.02. The first-order valence-electron chi connectivity index (χ1n) is 8.41. The summed E-state index contributed by atoms with van der Waals surface area (Å²) in [7, 11) is 3.33. The van der Waals surface area contributed by atoms with Gasteiger partial charge in [-0.25, -0.2) is 4.98 Å². The molecule has 3 rings (SSSR count). The summed E-state index contributed by atoms with van der Waals surface area (Å²) in [6.45, 7) is 1.38. The summed E-state index contributed by atoms with van der Waals surface area (Å²) in [5.74, 6) is 2.48. The summed E-state index contributed by atoms with van der Waals surface area (Å²) in [6.07, 6.45) is 0. The van der Waals surface area contributed by atoms with Gasteiger partial charge in [-0.2, -0.15) is 0 Å². The Morgan fingerprint density at radius 3 is 1.74 bits per heavy atom. The molecule has 6 heteroatoms. The van der Waals surface area contributed by atoms with Gasteiger partial charge in [0.25, 0.3) is 0 Å². The van der Waals surface area contributed by atoms with Crippen LogP contribution in [-0.2, 0) is 13.1 Å². The summed E-state index contributed by atoms with van der Waals surface area (Å²) in [4.78, 5) is 6.69. The monoisotopic (exact) mass is 446 g/mol. The van der Waals surface area contributed by atoms with Crippen LogP contribution in [0.5, 0.6) is 11.5 Å². The minimum absolute atomic E-state index is 0.453. The molecule has 0 amide bonds. The number of hydrogen-bond acceptors (Lipinski definition) is 4. The van der Waals surface area contributed by atoms with E-state index in [2.05, 4.69) is 50.1 Å². The van der Waals surface area contributed by atoms with Crippen LogP contribution in [0.15, 0.2) is 65.1 Å². The zero-order valence-electron chi connectivity index (χ0n) is 15.2. The van der Waals surface area contributed by atoms with Crippen molar-refractivity contribution in [2.24, 2.45) is 0 Å². The lowest BCUT2D eigenvalue weighted by atomic mass is 10.1. The maximum atomic E-state index is 6.18. The molecular weight excluding hydrogens is 428 g/mol. The maximum absolute atomic E-state index is 6.18. The molecule has 27 heavy (non-hydrogen) atoms. The van der Waals surface area contributed by atoms with Gasteiger partial charge in [-0.15, -0.1) is 0 Å². The zero-order valence-corrected chi connectivity index (χ0v) is 17.5. The Morgan fingerprint density at radius 2 is 1.33 bits per heavy atom. The number of benzene rings is 2. The third-order valence-corrected chi connectivity index (χ3v) is 4.79. The molecule has 0 aliphatic heterocycles. The van der Waals surface area contributed by atoms with E-state index >= 15 is 0 Å². The molecule has 0 aliphatic rings. The van der Waals surface area contributed by atoms with Gasteiger partial charge in [0.05, 0.1) is 14.2 Å². The van der Waals surface area contributed by atoms with Gasteiger partial charge in [0.2, 0.25) is 0 Å². The quantitative estimate of drug-likeness (QED) is 0.434. The van der Waals surface area contributed by atoms with Crippen LogP contribution >= 0.6 is 27.5 Å². The van der Waals surface area contributed by atoms with E-state index < -0.39 is 0 Å². The number of hydrogen-bond donors (Lipinski definition) is 0. The van der Waals surface area contributed by atoms with Crippen LogP contribution in [0.25, 0.3) is 0 Å². The highest BCUT2D eigenvalue weighted by atomic mass is 79.9. The predicted molar refractivity (Wildman–Crippen MR) is 113 cm³/mol. The first-order chi connectivity index (χ1) is 13.1. The number of rotatable bonds is 7. The van der Waals surface area contributed by atoms with Crippen molar-refractivity contribution >= 4 is 33.3 Å². The molecule has 140 valence electrons. The van der Waals surface area contributed by atoms with Crippen LogP contribution < -0.4 is 14.4 Å². The van der Waals surface area contributed by atoms with Crippen LogP contribution in [0.2, 0.25) is 5.15 Å². The van der Waals surface area contributed by atoms with Gasteiger partial charge in [0.15, 0.2) is 0 Å². The van der Waals surface area contributed by atoms with Crippen molar-refractivity contribution in [1.29, 1.82) is 0 Å². The van der Waals surface area contributed by atoms with Crippen LogP contribution in [0.4, 0.5) is 5.82 Å². The highest BCUT2D eigenvalue weighted by molar-refractivity contribution is 9.10. The Kier molecular flexibility index (Phi) is 6.58.